The number of pyridine rings is 1. The molecule has 0 saturated heterocycles. The molecule has 1 aromatic heterocycles. The first-order valence-corrected chi connectivity index (χ1v) is 11.1. The molecule has 0 aliphatic rings. The molecule has 0 fully saturated rings. The third kappa shape index (κ3) is 5.74. The van der Waals surface area contributed by atoms with Gasteiger partial charge in [0.25, 0.3) is 10.0 Å². The lowest BCUT2D eigenvalue weighted by Crippen LogP contribution is -2.32. The Labute approximate surface area is 186 Å². The van der Waals surface area contributed by atoms with E-state index in [4.69, 9.17) is 5.26 Å². The highest BCUT2D eigenvalue weighted by atomic mass is 32.2. The summed E-state index contributed by atoms with van der Waals surface area (Å²) in [6.07, 6.45) is 1.46. The van der Waals surface area contributed by atoms with Crippen molar-refractivity contribution in [2.24, 2.45) is 0 Å². The van der Waals surface area contributed by atoms with Gasteiger partial charge in [0.15, 0.2) is 0 Å². The van der Waals surface area contributed by atoms with Gasteiger partial charge < -0.3 is 16.0 Å². The van der Waals surface area contributed by atoms with Crippen LogP contribution in [0.4, 0.5) is 22.0 Å². The van der Waals surface area contributed by atoms with Crippen molar-refractivity contribution in [1.82, 2.24) is 10.3 Å². The van der Waals surface area contributed by atoms with E-state index in [1.807, 2.05) is 12.1 Å². The van der Waals surface area contributed by atoms with E-state index >= 15 is 0 Å². The lowest BCUT2D eigenvalue weighted by Gasteiger charge is -2.20. The maximum atomic E-state index is 12.9. The first-order chi connectivity index (χ1) is 15.4. The number of amides is 2. The number of nitrogens with one attached hydrogen (secondary N) is 3. The Bertz CT molecular complexity index is 1210. The van der Waals surface area contributed by atoms with E-state index in [2.05, 4.69) is 20.9 Å². The third-order valence-electron chi connectivity index (χ3n) is 4.48. The van der Waals surface area contributed by atoms with Gasteiger partial charge in [-0.25, -0.2) is 18.2 Å². The van der Waals surface area contributed by atoms with Gasteiger partial charge in [0.1, 0.15) is 11.9 Å². The van der Waals surface area contributed by atoms with Crippen molar-refractivity contribution >= 4 is 33.2 Å². The summed E-state index contributed by atoms with van der Waals surface area (Å²) in [4.78, 5) is 16.3. The highest BCUT2D eigenvalue weighted by Gasteiger charge is 2.21. The van der Waals surface area contributed by atoms with Crippen LogP contribution < -0.4 is 20.3 Å². The molecule has 3 N–H and O–H groups in total. The second-order valence-electron chi connectivity index (χ2n) is 6.69. The standard InChI is InChI=1S/C22H22N6O3S/c1-28(19-7-3-2-4-8-19)32(30,31)20-9-5-6-18(14-20)27-22(29)25-13-12-24-21-11-10-17(15-23)16-26-21/h2-11,14,16H,12-13H2,1H3,(H,24,26)(H2,25,27,29). The van der Waals surface area contributed by atoms with Crippen molar-refractivity contribution < 1.29 is 13.2 Å². The van der Waals surface area contributed by atoms with Gasteiger partial charge in [-0.3, -0.25) is 4.31 Å². The normalized spacial score (nSPS) is 10.6. The van der Waals surface area contributed by atoms with Crippen LogP contribution in [0.25, 0.3) is 0 Å². The summed E-state index contributed by atoms with van der Waals surface area (Å²) in [6.45, 7) is 0.727. The number of benzene rings is 2. The minimum Gasteiger partial charge on any atom is -0.368 e. The van der Waals surface area contributed by atoms with Gasteiger partial charge in [0.2, 0.25) is 0 Å². The molecule has 3 rings (SSSR count). The van der Waals surface area contributed by atoms with Crippen molar-refractivity contribution in [3.05, 3.63) is 78.5 Å². The highest BCUT2D eigenvalue weighted by molar-refractivity contribution is 7.92. The lowest BCUT2D eigenvalue weighted by molar-refractivity contribution is 0.252. The van der Waals surface area contributed by atoms with Crippen LogP contribution >= 0.6 is 0 Å². The van der Waals surface area contributed by atoms with E-state index in [1.165, 1.54) is 29.7 Å². The van der Waals surface area contributed by atoms with Crippen molar-refractivity contribution in [2.75, 3.05) is 35.1 Å². The van der Waals surface area contributed by atoms with E-state index in [0.717, 1.165) is 0 Å². The fourth-order valence-corrected chi connectivity index (χ4v) is 4.02. The van der Waals surface area contributed by atoms with Crippen molar-refractivity contribution in [2.45, 2.75) is 4.90 Å². The molecule has 3 aromatic rings. The summed E-state index contributed by atoms with van der Waals surface area (Å²) in [5, 5.41) is 17.1. The van der Waals surface area contributed by atoms with Gasteiger partial charge >= 0.3 is 6.03 Å². The second kappa shape index (κ2) is 10.3. The van der Waals surface area contributed by atoms with Gasteiger partial charge in [-0.2, -0.15) is 5.26 Å². The molecule has 0 radical (unpaired) electrons. The van der Waals surface area contributed by atoms with Crippen LogP contribution in [0.15, 0.2) is 77.8 Å². The van der Waals surface area contributed by atoms with Crippen molar-refractivity contribution in [1.29, 1.82) is 5.26 Å². The van der Waals surface area contributed by atoms with Gasteiger partial charge in [-0.05, 0) is 42.5 Å². The zero-order chi connectivity index (χ0) is 23.0. The Morgan fingerprint density at radius 3 is 2.53 bits per heavy atom. The number of carbonyl (C=O) groups excluding carboxylic acids is 1. The Hall–Kier alpha value is -4.10. The van der Waals surface area contributed by atoms with E-state index in [9.17, 15) is 13.2 Å². The Morgan fingerprint density at radius 1 is 1.06 bits per heavy atom. The molecule has 164 valence electrons. The molecule has 0 spiro atoms. The number of urea groups is 1. The quantitative estimate of drug-likeness (QED) is 0.453. The molecule has 32 heavy (non-hydrogen) atoms. The predicted octanol–water partition coefficient (Wildman–Crippen LogP) is 3.01. The van der Waals surface area contributed by atoms with Crippen LogP contribution in [0.1, 0.15) is 5.56 Å². The van der Waals surface area contributed by atoms with E-state index < -0.39 is 16.1 Å². The topological polar surface area (TPSA) is 127 Å². The number of aromatic nitrogens is 1. The summed E-state index contributed by atoms with van der Waals surface area (Å²) in [6, 6.07) is 19.6. The summed E-state index contributed by atoms with van der Waals surface area (Å²) >= 11 is 0. The molecule has 0 aliphatic heterocycles. The Balaban J connectivity index is 1.54. The maximum absolute atomic E-state index is 12.9. The van der Waals surface area contributed by atoms with Crippen LogP contribution in [0.3, 0.4) is 0 Å². The van der Waals surface area contributed by atoms with Crippen molar-refractivity contribution in [3.63, 3.8) is 0 Å². The molecular formula is C22H22N6O3S. The predicted molar refractivity (Wildman–Crippen MR) is 123 cm³/mol. The second-order valence-corrected chi connectivity index (χ2v) is 8.66. The molecule has 0 saturated carbocycles. The van der Waals surface area contributed by atoms with Gasteiger partial charge in [0.05, 0.1) is 16.1 Å². The average molecular weight is 451 g/mol. The van der Waals surface area contributed by atoms with Crippen molar-refractivity contribution in [3.8, 4) is 6.07 Å². The summed E-state index contributed by atoms with van der Waals surface area (Å²) in [7, 11) is -2.30. The minimum absolute atomic E-state index is 0.0650. The van der Waals surface area contributed by atoms with Gasteiger partial charge in [-0.1, -0.05) is 24.3 Å². The van der Waals surface area contributed by atoms with Crippen LogP contribution in [0.2, 0.25) is 0 Å². The molecular weight excluding hydrogens is 428 g/mol. The van der Waals surface area contributed by atoms with Gasteiger partial charge in [-0.15, -0.1) is 0 Å². The molecule has 10 heteroatoms. The van der Waals surface area contributed by atoms with Gasteiger partial charge in [0, 0.05) is 32.0 Å². The Morgan fingerprint density at radius 2 is 1.84 bits per heavy atom. The fraction of sp³-hybridized carbons (Fsp3) is 0.136. The SMILES string of the molecule is CN(c1ccccc1)S(=O)(=O)c1cccc(NC(=O)NCCNc2ccc(C#N)cn2)c1. The number of nitriles is 1. The summed E-state index contributed by atoms with van der Waals surface area (Å²) in [5.41, 5.74) is 1.35. The number of sulfonamides is 1. The first kappa shape index (κ1) is 22.6. The number of hydrogen-bond donors (Lipinski definition) is 3. The summed E-state index contributed by atoms with van der Waals surface area (Å²) < 4.78 is 27.0. The highest BCUT2D eigenvalue weighted by Crippen LogP contribution is 2.23. The van der Waals surface area contributed by atoms with E-state index in [-0.39, 0.29) is 4.90 Å². The number of rotatable bonds is 8. The number of anilines is 3. The molecule has 0 atom stereocenters. The maximum Gasteiger partial charge on any atom is 0.319 e. The minimum atomic E-state index is -3.78. The van der Waals surface area contributed by atoms with E-state index in [1.54, 1.807) is 48.5 Å². The molecule has 0 bridgehead atoms. The molecule has 2 amide bonds. The lowest BCUT2D eigenvalue weighted by atomic mass is 10.3. The zero-order valence-electron chi connectivity index (χ0n) is 17.3. The largest absolute Gasteiger partial charge is 0.368 e. The molecule has 0 aliphatic carbocycles. The zero-order valence-corrected chi connectivity index (χ0v) is 18.1. The molecule has 2 aromatic carbocycles. The monoisotopic (exact) mass is 450 g/mol. The average Bonchev–Trinajstić information content (AvgIpc) is 2.82. The summed E-state index contributed by atoms with van der Waals surface area (Å²) in [5.74, 6) is 0.589. The Kier molecular flexibility index (Phi) is 7.25. The third-order valence-corrected chi connectivity index (χ3v) is 6.26. The number of carbonyl (C=O) groups is 1. The van der Waals surface area contributed by atoms with E-state index in [0.29, 0.717) is 35.8 Å². The van der Waals surface area contributed by atoms with Crippen LogP contribution in [0.5, 0.6) is 0 Å². The first-order valence-electron chi connectivity index (χ1n) is 9.69. The number of nitrogens with zero attached hydrogens (tertiary/aromatic N) is 3. The molecule has 0 unspecified atom stereocenters. The molecule has 9 nitrogen and oxygen atoms in total. The number of hydrogen-bond acceptors (Lipinski definition) is 6. The van der Waals surface area contributed by atoms with Crippen LogP contribution in [0, 0.1) is 11.3 Å². The molecule has 1 heterocycles. The number of para-hydroxylation sites is 1. The van der Waals surface area contributed by atoms with Crippen LogP contribution in [-0.2, 0) is 10.0 Å². The smallest absolute Gasteiger partial charge is 0.319 e. The van der Waals surface area contributed by atoms with Crippen LogP contribution in [-0.4, -0.2) is 39.6 Å². The fourth-order valence-electron chi connectivity index (χ4n) is 2.78.